The minimum absolute atomic E-state index is 0.142. The fourth-order valence-corrected chi connectivity index (χ4v) is 2.28. The van der Waals surface area contributed by atoms with Crippen LogP contribution in [0.2, 0.25) is 0 Å². The summed E-state index contributed by atoms with van der Waals surface area (Å²) in [5, 5.41) is 3.92. The summed E-state index contributed by atoms with van der Waals surface area (Å²) in [6.07, 6.45) is 2.78. The van der Waals surface area contributed by atoms with Gasteiger partial charge in [0.2, 0.25) is 5.91 Å². The Morgan fingerprint density at radius 3 is 3.06 bits per heavy atom. The van der Waals surface area contributed by atoms with Crippen molar-refractivity contribution in [2.75, 3.05) is 38.1 Å². The molecular weight excluding hydrogens is 284 g/mol. The molecule has 5 heteroatoms. The lowest BCUT2D eigenvalue weighted by atomic mass is 10.2. The van der Waals surface area contributed by atoms with Crippen LogP contribution in [0.25, 0.3) is 0 Å². The molecule has 1 aliphatic rings. The molecule has 0 radical (unpaired) electrons. The Labute approximate surface area is 112 Å². The van der Waals surface area contributed by atoms with E-state index < -0.39 is 0 Å². The molecule has 1 N–H and O–H groups in total. The number of hydrogen-bond donors (Lipinski definition) is 1. The third-order valence-corrected chi connectivity index (χ3v) is 3.55. The van der Waals surface area contributed by atoms with Crippen molar-refractivity contribution in [3.63, 3.8) is 0 Å². The van der Waals surface area contributed by atoms with Gasteiger partial charge in [0.15, 0.2) is 0 Å². The number of nitrogens with one attached hydrogen (secondary N) is 1. The molecule has 1 unspecified atom stereocenters. The zero-order chi connectivity index (χ0) is 12.5. The Balaban J connectivity index is 2.10. The molecule has 1 heterocycles. The molecule has 1 rings (SSSR count). The summed E-state index contributed by atoms with van der Waals surface area (Å²) in [5.74, 6) is 0.142. The number of alkyl halides is 1. The molecule has 4 nitrogen and oxygen atoms in total. The first-order valence-electron chi connectivity index (χ1n) is 6.43. The van der Waals surface area contributed by atoms with Gasteiger partial charge in [0, 0.05) is 31.4 Å². The standard InChI is InChI=1S/C12H23BrN2O2/c1-2-15-7-8-17-11(10-15)9-14-12(16)5-3-4-6-13/h11H,2-10H2,1H3,(H,14,16). The summed E-state index contributed by atoms with van der Waals surface area (Å²) < 4.78 is 5.62. The highest BCUT2D eigenvalue weighted by Gasteiger charge is 2.19. The fraction of sp³-hybridized carbons (Fsp3) is 0.917. The molecule has 0 aromatic carbocycles. The van der Waals surface area contributed by atoms with E-state index in [0.717, 1.165) is 44.4 Å². The van der Waals surface area contributed by atoms with Gasteiger partial charge in [-0.1, -0.05) is 22.9 Å². The number of morpholine rings is 1. The predicted octanol–water partition coefficient (Wildman–Crippen LogP) is 1.39. The van der Waals surface area contributed by atoms with Gasteiger partial charge in [0.25, 0.3) is 0 Å². The molecule has 0 bridgehead atoms. The van der Waals surface area contributed by atoms with Gasteiger partial charge in [-0.05, 0) is 19.4 Å². The Kier molecular flexibility index (Phi) is 7.81. The molecule has 0 aliphatic carbocycles. The van der Waals surface area contributed by atoms with Crippen molar-refractivity contribution in [2.45, 2.75) is 32.3 Å². The minimum Gasteiger partial charge on any atom is -0.374 e. The number of carbonyl (C=O) groups excluding carboxylic acids is 1. The van der Waals surface area contributed by atoms with Gasteiger partial charge in [-0.2, -0.15) is 0 Å². The normalized spacial score (nSPS) is 21.4. The highest BCUT2D eigenvalue weighted by Crippen LogP contribution is 2.04. The molecule has 1 aliphatic heterocycles. The Morgan fingerprint density at radius 1 is 1.53 bits per heavy atom. The predicted molar refractivity (Wildman–Crippen MR) is 72.5 cm³/mol. The van der Waals surface area contributed by atoms with E-state index in [2.05, 4.69) is 33.1 Å². The molecular formula is C12H23BrN2O2. The van der Waals surface area contributed by atoms with E-state index in [1.54, 1.807) is 0 Å². The second-order valence-corrected chi connectivity index (χ2v) is 5.13. The van der Waals surface area contributed by atoms with E-state index in [9.17, 15) is 4.79 Å². The Hall–Kier alpha value is -0.130. The van der Waals surface area contributed by atoms with Crippen molar-refractivity contribution in [2.24, 2.45) is 0 Å². The molecule has 1 fully saturated rings. The van der Waals surface area contributed by atoms with Crippen LogP contribution < -0.4 is 5.32 Å². The van der Waals surface area contributed by atoms with Crippen molar-refractivity contribution in [1.29, 1.82) is 0 Å². The molecule has 1 saturated heterocycles. The van der Waals surface area contributed by atoms with Crippen LogP contribution in [0.5, 0.6) is 0 Å². The zero-order valence-electron chi connectivity index (χ0n) is 10.6. The van der Waals surface area contributed by atoms with E-state index in [1.165, 1.54) is 0 Å². The van der Waals surface area contributed by atoms with Gasteiger partial charge in [0.1, 0.15) is 0 Å². The van der Waals surface area contributed by atoms with Crippen LogP contribution in [0.4, 0.5) is 0 Å². The summed E-state index contributed by atoms with van der Waals surface area (Å²) in [5.41, 5.74) is 0. The number of hydrogen-bond acceptors (Lipinski definition) is 3. The largest absolute Gasteiger partial charge is 0.374 e. The van der Waals surface area contributed by atoms with Gasteiger partial charge < -0.3 is 10.1 Å². The van der Waals surface area contributed by atoms with Gasteiger partial charge in [-0.15, -0.1) is 0 Å². The third kappa shape index (κ3) is 6.38. The molecule has 100 valence electrons. The van der Waals surface area contributed by atoms with Gasteiger partial charge >= 0.3 is 0 Å². The number of ether oxygens (including phenoxy) is 1. The molecule has 0 saturated carbocycles. The van der Waals surface area contributed by atoms with E-state index in [0.29, 0.717) is 13.0 Å². The number of rotatable bonds is 7. The number of carbonyl (C=O) groups is 1. The fourth-order valence-electron chi connectivity index (χ4n) is 1.89. The number of unbranched alkanes of at least 4 members (excludes halogenated alkanes) is 1. The first kappa shape index (κ1) is 14.9. The average molecular weight is 307 g/mol. The lowest BCUT2D eigenvalue weighted by Crippen LogP contribution is -2.47. The van der Waals surface area contributed by atoms with Crippen LogP contribution in [0.1, 0.15) is 26.2 Å². The van der Waals surface area contributed by atoms with Crippen LogP contribution in [0, 0.1) is 0 Å². The molecule has 0 spiro atoms. The van der Waals surface area contributed by atoms with E-state index in [4.69, 9.17) is 4.74 Å². The smallest absolute Gasteiger partial charge is 0.220 e. The third-order valence-electron chi connectivity index (χ3n) is 2.98. The monoisotopic (exact) mass is 306 g/mol. The number of halogens is 1. The van der Waals surface area contributed by atoms with E-state index in [1.807, 2.05) is 0 Å². The van der Waals surface area contributed by atoms with Gasteiger partial charge in [-0.25, -0.2) is 0 Å². The van der Waals surface area contributed by atoms with Crippen LogP contribution in [-0.4, -0.2) is 55.0 Å². The number of amides is 1. The van der Waals surface area contributed by atoms with Crippen molar-refractivity contribution in [3.05, 3.63) is 0 Å². The first-order chi connectivity index (χ1) is 8.26. The number of likely N-dealkylation sites (N-methyl/N-ethyl adjacent to an activating group) is 1. The van der Waals surface area contributed by atoms with Crippen molar-refractivity contribution >= 4 is 21.8 Å². The maximum atomic E-state index is 11.5. The topological polar surface area (TPSA) is 41.6 Å². The molecule has 1 atom stereocenters. The summed E-state index contributed by atoms with van der Waals surface area (Å²) in [4.78, 5) is 13.9. The van der Waals surface area contributed by atoms with Crippen molar-refractivity contribution < 1.29 is 9.53 Å². The van der Waals surface area contributed by atoms with E-state index >= 15 is 0 Å². The van der Waals surface area contributed by atoms with Crippen molar-refractivity contribution in [3.8, 4) is 0 Å². The van der Waals surface area contributed by atoms with Gasteiger partial charge in [0.05, 0.1) is 12.7 Å². The highest BCUT2D eigenvalue weighted by atomic mass is 79.9. The minimum atomic E-state index is 0.142. The molecule has 0 aromatic heterocycles. The quantitative estimate of drug-likeness (QED) is 0.571. The molecule has 1 amide bonds. The number of nitrogens with zero attached hydrogens (tertiary/aromatic N) is 1. The summed E-state index contributed by atoms with van der Waals surface area (Å²) in [6.45, 7) is 6.56. The second kappa shape index (κ2) is 8.89. The van der Waals surface area contributed by atoms with Crippen LogP contribution >= 0.6 is 15.9 Å². The average Bonchev–Trinajstić information content (AvgIpc) is 2.37. The Bertz CT molecular complexity index is 227. The summed E-state index contributed by atoms with van der Waals surface area (Å²) in [6, 6.07) is 0. The maximum Gasteiger partial charge on any atom is 0.220 e. The first-order valence-corrected chi connectivity index (χ1v) is 7.55. The van der Waals surface area contributed by atoms with Crippen LogP contribution in [0.3, 0.4) is 0 Å². The second-order valence-electron chi connectivity index (χ2n) is 4.34. The summed E-state index contributed by atoms with van der Waals surface area (Å²) >= 11 is 3.36. The maximum absolute atomic E-state index is 11.5. The molecule has 17 heavy (non-hydrogen) atoms. The lowest BCUT2D eigenvalue weighted by molar-refractivity contribution is -0.122. The molecule has 0 aromatic rings. The van der Waals surface area contributed by atoms with E-state index in [-0.39, 0.29) is 12.0 Å². The summed E-state index contributed by atoms with van der Waals surface area (Å²) in [7, 11) is 0. The van der Waals surface area contributed by atoms with Crippen LogP contribution in [-0.2, 0) is 9.53 Å². The van der Waals surface area contributed by atoms with Crippen LogP contribution in [0.15, 0.2) is 0 Å². The van der Waals surface area contributed by atoms with Crippen molar-refractivity contribution in [1.82, 2.24) is 10.2 Å². The SMILES string of the molecule is CCN1CCOC(CNC(=O)CCCCBr)C1. The lowest BCUT2D eigenvalue weighted by Gasteiger charge is -2.32. The zero-order valence-corrected chi connectivity index (χ0v) is 12.2. The Morgan fingerprint density at radius 2 is 2.35 bits per heavy atom. The van der Waals surface area contributed by atoms with Gasteiger partial charge in [-0.3, -0.25) is 9.69 Å². The highest BCUT2D eigenvalue weighted by molar-refractivity contribution is 9.09.